The molecule has 7 nitrogen and oxygen atoms in total. The fourth-order valence-corrected chi connectivity index (χ4v) is 4.40. The zero-order valence-corrected chi connectivity index (χ0v) is 15.6. The van der Waals surface area contributed by atoms with E-state index in [9.17, 15) is 4.79 Å². The van der Waals surface area contributed by atoms with Gasteiger partial charge in [0, 0.05) is 25.6 Å². The summed E-state index contributed by atoms with van der Waals surface area (Å²) in [6, 6.07) is 8.08. The minimum Gasteiger partial charge on any atom is -0.324 e. The van der Waals surface area contributed by atoms with Gasteiger partial charge < -0.3 is 4.90 Å². The second kappa shape index (κ2) is 7.41. The summed E-state index contributed by atoms with van der Waals surface area (Å²) < 4.78 is 2.95. The minimum atomic E-state index is -0.112. The third-order valence-electron chi connectivity index (χ3n) is 4.59. The number of piperidine rings is 1. The van der Waals surface area contributed by atoms with Gasteiger partial charge in [0.05, 0.1) is 21.4 Å². The van der Waals surface area contributed by atoms with Gasteiger partial charge in [-0.05, 0) is 31.4 Å². The first-order chi connectivity index (χ1) is 12.7. The van der Waals surface area contributed by atoms with Crippen LogP contribution in [0.1, 0.15) is 37.1 Å². The van der Waals surface area contributed by atoms with Crippen LogP contribution in [0.25, 0.3) is 10.2 Å². The van der Waals surface area contributed by atoms with Crippen LogP contribution in [0.3, 0.4) is 0 Å². The zero-order valence-electron chi connectivity index (χ0n) is 14.8. The lowest BCUT2D eigenvalue weighted by Gasteiger charge is -2.31. The number of urea groups is 1. The minimum absolute atomic E-state index is 0.112. The Bertz CT molecular complexity index is 871. The summed E-state index contributed by atoms with van der Waals surface area (Å²) in [5.41, 5.74) is 1.04. The van der Waals surface area contributed by atoms with Gasteiger partial charge in [-0.1, -0.05) is 24.3 Å². The Morgan fingerprint density at radius 3 is 3.12 bits per heavy atom. The van der Waals surface area contributed by atoms with Crippen molar-refractivity contribution in [3.05, 3.63) is 35.5 Å². The number of nitrogens with one attached hydrogen (secondary N) is 1. The highest BCUT2D eigenvalue weighted by atomic mass is 32.1. The molecule has 1 N–H and O–H groups in total. The smallest absolute Gasteiger partial charge is 0.323 e. The van der Waals surface area contributed by atoms with Crippen LogP contribution in [0.15, 0.2) is 30.5 Å². The molecule has 3 aromatic rings. The molecular formula is C18H22N6OS. The molecule has 0 spiro atoms. The average Bonchev–Trinajstić information content (AvgIpc) is 3.29. The summed E-state index contributed by atoms with van der Waals surface area (Å²) in [7, 11) is 0. The highest BCUT2D eigenvalue weighted by molar-refractivity contribution is 7.18. The van der Waals surface area contributed by atoms with Crippen LogP contribution in [0, 0.1) is 0 Å². The molecule has 2 aromatic heterocycles. The summed E-state index contributed by atoms with van der Waals surface area (Å²) in [4.78, 5) is 19.2. The summed E-state index contributed by atoms with van der Waals surface area (Å²) in [5.74, 6) is 0.799. The summed E-state index contributed by atoms with van der Waals surface area (Å²) >= 11 is 1.74. The highest BCUT2D eigenvalue weighted by Gasteiger charge is 2.27. The molecule has 136 valence electrons. The van der Waals surface area contributed by atoms with Gasteiger partial charge in [-0.2, -0.15) is 0 Å². The number of para-hydroxylation sites is 1. The number of carbonyl (C=O) groups excluding carboxylic acids is 1. The van der Waals surface area contributed by atoms with Crippen molar-refractivity contribution in [3.8, 4) is 0 Å². The number of anilines is 1. The summed E-state index contributed by atoms with van der Waals surface area (Å²) in [6.45, 7) is 4.33. The van der Waals surface area contributed by atoms with Crippen molar-refractivity contribution >= 4 is 33.4 Å². The van der Waals surface area contributed by atoms with E-state index in [0.717, 1.165) is 42.9 Å². The first kappa shape index (κ1) is 17.0. The van der Waals surface area contributed by atoms with Crippen molar-refractivity contribution < 1.29 is 4.79 Å². The Kier molecular flexibility index (Phi) is 4.83. The van der Waals surface area contributed by atoms with E-state index in [1.807, 2.05) is 23.1 Å². The number of hydrogen-bond donors (Lipinski definition) is 1. The number of likely N-dealkylation sites (tertiary alicyclic amines) is 1. The van der Waals surface area contributed by atoms with E-state index in [1.165, 1.54) is 4.70 Å². The predicted molar refractivity (Wildman–Crippen MR) is 102 cm³/mol. The van der Waals surface area contributed by atoms with Crippen molar-refractivity contribution in [2.75, 3.05) is 18.4 Å². The molecule has 8 heteroatoms. The van der Waals surface area contributed by atoms with Gasteiger partial charge in [-0.15, -0.1) is 16.4 Å². The van der Waals surface area contributed by atoms with E-state index in [-0.39, 0.29) is 6.03 Å². The fourth-order valence-electron chi connectivity index (χ4n) is 3.31. The predicted octanol–water partition coefficient (Wildman–Crippen LogP) is 3.71. The van der Waals surface area contributed by atoms with E-state index in [1.54, 1.807) is 22.2 Å². The van der Waals surface area contributed by atoms with E-state index >= 15 is 0 Å². The van der Waals surface area contributed by atoms with E-state index < -0.39 is 0 Å². The summed E-state index contributed by atoms with van der Waals surface area (Å²) in [5, 5.41) is 12.0. The number of nitrogens with zero attached hydrogens (tertiary/aromatic N) is 5. The Morgan fingerprint density at radius 2 is 2.27 bits per heavy atom. The van der Waals surface area contributed by atoms with Crippen LogP contribution in [-0.4, -0.2) is 44.0 Å². The number of carbonyl (C=O) groups is 1. The van der Waals surface area contributed by atoms with Crippen LogP contribution in [-0.2, 0) is 6.54 Å². The van der Waals surface area contributed by atoms with E-state index in [2.05, 4.69) is 28.6 Å². The third kappa shape index (κ3) is 3.55. The molecular weight excluding hydrogens is 348 g/mol. The number of fused-ring (bicyclic) bond motifs is 1. The average molecular weight is 370 g/mol. The lowest BCUT2D eigenvalue weighted by atomic mass is 9.99. The Balaban J connectivity index is 1.43. The first-order valence-electron chi connectivity index (χ1n) is 9.04. The molecule has 0 saturated carbocycles. The van der Waals surface area contributed by atoms with Crippen LogP contribution in [0.4, 0.5) is 10.6 Å². The Labute approximate surface area is 156 Å². The number of thiazole rings is 1. The first-order valence-corrected chi connectivity index (χ1v) is 9.86. The van der Waals surface area contributed by atoms with Gasteiger partial charge in [0.1, 0.15) is 0 Å². The van der Waals surface area contributed by atoms with Gasteiger partial charge in [-0.3, -0.25) is 10.00 Å². The normalized spacial score (nSPS) is 17.6. The molecule has 0 radical (unpaired) electrons. The van der Waals surface area contributed by atoms with Crippen molar-refractivity contribution in [2.24, 2.45) is 0 Å². The lowest BCUT2D eigenvalue weighted by Crippen LogP contribution is -2.41. The van der Waals surface area contributed by atoms with Crippen LogP contribution < -0.4 is 5.32 Å². The quantitative estimate of drug-likeness (QED) is 0.759. The number of rotatable bonds is 4. The van der Waals surface area contributed by atoms with Crippen LogP contribution >= 0.6 is 11.3 Å². The topological polar surface area (TPSA) is 75.9 Å². The molecule has 0 unspecified atom stereocenters. The maximum atomic E-state index is 12.6. The molecule has 0 bridgehead atoms. The van der Waals surface area contributed by atoms with Crippen LogP contribution in [0.5, 0.6) is 0 Å². The number of aromatic nitrogens is 4. The van der Waals surface area contributed by atoms with Crippen molar-refractivity contribution in [2.45, 2.75) is 38.6 Å². The van der Waals surface area contributed by atoms with Gasteiger partial charge in [0.15, 0.2) is 5.82 Å². The fraction of sp³-hybridized carbons (Fsp3) is 0.444. The SMILES string of the molecule is CCCn1cc(NC(=O)N2CCC[C@H](c3nc4ccccc4s3)C2)nn1. The molecule has 1 saturated heterocycles. The zero-order chi connectivity index (χ0) is 17.9. The van der Waals surface area contributed by atoms with Crippen LogP contribution in [0.2, 0.25) is 0 Å². The molecule has 26 heavy (non-hydrogen) atoms. The van der Waals surface area contributed by atoms with Gasteiger partial charge in [0.2, 0.25) is 0 Å². The monoisotopic (exact) mass is 370 g/mol. The maximum absolute atomic E-state index is 12.6. The molecule has 1 atom stereocenters. The molecule has 1 aliphatic rings. The number of hydrogen-bond acceptors (Lipinski definition) is 5. The van der Waals surface area contributed by atoms with Crippen molar-refractivity contribution in [3.63, 3.8) is 0 Å². The van der Waals surface area contributed by atoms with Crippen molar-refractivity contribution in [1.82, 2.24) is 24.9 Å². The lowest BCUT2D eigenvalue weighted by molar-refractivity contribution is 0.192. The largest absolute Gasteiger partial charge is 0.324 e. The summed E-state index contributed by atoms with van der Waals surface area (Å²) in [6.07, 6.45) is 4.80. The van der Waals surface area contributed by atoms with Gasteiger partial charge in [0.25, 0.3) is 0 Å². The van der Waals surface area contributed by atoms with E-state index in [0.29, 0.717) is 18.3 Å². The van der Waals surface area contributed by atoms with Gasteiger partial charge >= 0.3 is 6.03 Å². The molecule has 1 aromatic carbocycles. The molecule has 1 fully saturated rings. The third-order valence-corrected chi connectivity index (χ3v) is 5.79. The number of aryl methyl sites for hydroxylation is 1. The van der Waals surface area contributed by atoms with Crippen molar-refractivity contribution in [1.29, 1.82) is 0 Å². The number of benzene rings is 1. The molecule has 3 heterocycles. The molecule has 1 aliphatic heterocycles. The second-order valence-corrected chi connectivity index (χ2v) is 7.66. The highest BCUT2D eigenvalue weighted by Crippen LogP contribution is 2.33. The Hall–Kier alpha value is -2.48. The molecule has 2 amide bonds. The Morgan fingerprint density at radius 1 is 1.38 bits per heavy atom. The maximum Gasteiger partial charge on any atom is 0.323 e. The van der Waals surface area contributed by atoms with Gasteiger partial charge in [-0.25, -0.2) is 9.78 Å². The second-order valence-electron chi connectivity index (χ2n) is 6.60. The van der Waals surface area contributed by atoms with E-state index in [4.69, 9.17) is 4.98 Å². The standard InChI is InChI=1S/C18H22N6OS/c1-2-9-24-12-16(21-22-24)20-18(25)23-10-5-6-13(11-23)17-19-14-7-3-4-8-15(14)26-17/h3-4,7-8,12-13H,2,5-6,9-11H2,1H3,(H,20,25)/t13-/m0/s1. The molecule has 4 rings (SSSR count). The molecule has 0 aliphatic carbocycles. The number of amides is 2.